The maximum absolute atomic E-state index is 5.61. The Morgan fingerprint density at radius 1 is 1.33 bits per heavy atom. The van der Waals surface area contributed by atoms with Gasteiger partial charge < -0.3 is 10.3 Å². The highest BCUT2D eigenvalue weighted by molar-refractivity contribution is 5.84. The predicted molar refractivity (Wildman–Crippen MR) is 65.1 cm³/mol. The molecule has 0 atom stereocenters. The maximum atomic E-state index is 5.61. The number of benzene rings is 1. The Kier molecular flexibility index (Phi) is 2.78. The van der Waals surface area contributed by atoms with E-state index in [-0.39, 0.29) is 0 Å². The van der Waals surface area contributed by atoms with Gasteiger partial charge in [-0.2, -0.15) is 0 Å². The van der Waals surface area contributed by atoms with Gasteiger partial charge in [-0.25, -0.2) is 0 Å². The second-order valence-corrected chi connectivity index (χ2v) is 4.01. The van der Waals surface area contributed by atoms with Crippen molar-refractivity contribution < 1.29 is 0 Å². The highest BCUT2D eigenvalue weighted by Crippen LogP contribution is 2.23. The molecule has 0 unspecified atom stereocenters. The fourth-order valence-electron chi connectivity index (χ4n) is 2.09. The number of rotatable bonds is 3. The van der Waals surface area contributed by atoms with E-state index in [0.29, 0.717) is 6.54 Å². The van der Waals surface area contributed by atoms with Crippen LogP contribution in [0.3, 0.4) is 0 Å². The summed E-state index contributed by atoms with van der Waals surface area (Å²) >= 11 is 0. The zero-order valence-corrected chi connectivity index (χ0v) is 9.46. The predicted octanol–water partition coefficient (Wildman–Crippen LogP) is 2.47. The summed E-state index contributed by atoms with van der Waals surface area (Å²) in [6, 6.07) is 6.62. The highest BCUT2D eigenvalue weighted by Gasteiger charge is 2.06. The molecule has 1 aromatic carbocycles. The van der Waals surface area contributed by atoms with Crippen LogP contribution >= 0.6 is 0 Å². The summed E-state index contributed by atoms with van der Waals surface area (Å²) in [5, 5.41) is 1.38. The van der Waals surface area contributed by atoms with Gasteiger partial charge in [-0.1, -0.05) is 18.6 Å². The lowest BCUT2D eigenvalue weighted by Gasteiger charge is -2.02. The zero-order valence-electron chi connectivity index (χ0n) is 9.46. The van der Waals surface area contributed by atoms with E-state index in [4.69, 9.17) is 5.73 Å². The molecular formula is C13H18N2. The summed E-state index contributed by atoms with van der Waals surface area (Å²) in [7, 11) is 0. The van der Waals surface area contributed by atoms with Crippen LogP contribution in [0.2, 0.25) is 0 Å². The van der Waals surface area contributed by atoms with Gasteiger partial charge in [0.1, 0.15) is 0 Å². The van der Waals surface area contributed by atoms with Gasteiger partial charge in [0.25, 0.3) is 0 Å². The largest absolute Gasteiger partial charge is 0.346 e. The summed E-state index contributed by atoms with van der Waals surface area (Å²) in [6.07, 6.45) is 3.31. The van der Waals surface area contributed by atoms with E-state index in [1.807, 2.05) is 0 Å². The van der Waals surface area contributed by atoms with Crippen LogP contribution in [0.1, 0.15) is 18.1 Å². The SMILES string of the molecule is CCc1cn(CCN)c2ccc(C)cc12. The molecule has 2 N–H and O–H groups in total. The molecule has 0 aliphatic rings. The van der Waals surface area contributed by atoms with Gasteiger partial charge in [0.2, 0.25) is 0 Å². The normalized spacial score (nSPS) is 11.1. The molecule has 2 aromatic rings. The molecule has 0 spiro atoms. The van der Waals surface area contributed by atoms with E-state index in [9.17, 15) is 0 Å². The summed E-state index contributed by atoms with van der Waals surface area (Å²) < 4.78 is 2.26. The van der Waals surface area contributed by atoms with E-state index in [0.717, 1.165) is 13.0 Å². The van der Waals surface area contributed by atoms with Crippen molar-refractivity contribution in [3.63, 3.8) is 0 Å². The molecular weight excluding hydrogens is 184 g/mol. The first-order valence-corrected chi connectivity index (χ1v) is 5.54. The number of fused-ring (bicyclic) bond motifs is 1. The Hall–Kier alpha value is -1.28. The van der Waals surface area contributed by atoms with E-state index in [1.54, 1.807) is 0 Å². The molecule has 1 heterocycles. The smallest absolute Gasteiger partial charge is 0.0483 e. The number of aryl methyl sites for hydroxylation is 2. The quantitative estimate of drug-likeness (QED) is 0.814. The molecule has 0 saturated carbocycles. The fourth-order valence-corrected chi connectivity index (χ4v) is 2.09. The summed E-state index contributed by atoms with van der Waals surface area (Å²) in [5.74, 6) is 0. The maximum Gasteiger partial charge on any atom is 0.0483 e. The Morgan fingerprint density at radius 2 is 2.13 bits per heavy atom. The first kappa shape index (κ1) is 10.2. The van der Waals surface area contributed by atoms with Crippen molar-refractivity contribution in [1.29, 1.82) is 0 Å². The van der Waals surface area contributed by atoms with Crippen LogP contribution in [-0.4, -0.2) is 11.1 Å². The second kappa shape index (κ2) is 4.07. The Labute approximate surface area is 90.7 Å². The van der Waals surface area contributed by atoms with Gasteiger partial charge in [-0.3, -0.25) is 0 Å². The van der Waals surface area contributed by atoms with Crippen molar-refractivity contribution in [3.05, 3.63) is 35.5 Å². The summed E-state index contributed by atoms with van der Waals surface area (Å²) in [6.45, 7) is 5.93. The molecule has 0 amide bonds. The lowest BCUT2D eigenvalue weighted by atomic mass is 10.1. The molecule has 2 rings (SSSR count). The molecule has 0 aliphatic carbocycles. The van der Waals surface area contributed by atoms with Crippen molar-refractivity contribution in [1.82, 2.24) is 4.57 Å². The van der Waals surface area contributed by atoms with E-state index < -0.39 is 0 Å². The molecule has 80 valence electrons. The number of hydrogen-bond donors (Lipinski definition) is 1. The molecule has 0 saturated heterocycles. The lowest BCUT2D eigenvalue weighted by Crippen LogP contribution is -2.08. The second-order valence-electron chi connectivity index (χ2n) is 4.01. The first-order valence-electron chi connectivity index (χ1n) is 5.54. The fraction of sp³-hybridized carbons (Fsp3) is 0.385. The van der Waals surface area contributed by atoms with Crippen LogP contribution in [0.4, 0.5) is 0 Å². The molecule has 0 fully saturated rings. The number of nitrogens with zero attached hydrogens (tertiary/aromatic N) is 1. The zero-order chi connectivity index (χ0) is 10.8. The van der Waals surface area contributed by atoms with Crippen LogP contribution in [0.15, 0.2) is 24.4 Å². The molecule has 0 bridgehead atoms. The van der Waals surface area contributed by atoms with Crippen molar-refractivity contribution in [3.8, 4) is 0 Å². The van der Waals surface area contributed by atoms with Crippen LogP contribution in [-0.2, 0) is 13.0 Å². The third-order valence-corrected chi connectivity index (χ3v) is 2.87. The van der Waals surface area contributed by atoms with Crippen LogP contribution in [0.25, 0.3) is 10.9 Å². The van der Waals surface area contributed by atoms with Crippen molar-refractivity contribution in [2.24, 2.45) is 5.73 Å². The highest BCUT2D eigenvalue weighted by atomic mass is 15.0. The first-order chi connectivity index (χ1) is 7.26. The van der Waals surface area contributed by atoms with Crippen LogP contribution in [0, 0.1) is 6.92 Å². The Balaban J connectivity index is 2.64. The van der Waals surface area contributed by atoms with Crippen molar-refractivity contribution in [2.75, 3.05) is 6.54 Å². The standard InChI is InChI=1S/C13H18N2/c1-3-11-9-15(7-6-14)13-5-4-10(2)8-12(11)13/h4-5,8-9H,3,6-7,14H2,1-2H3. The minimum atomic E-state index is 0.695. The van der Waals surface area contributed by atoms with Gasteiger partial charge in [-0.05, 0) is 31.0 Å². The molecule has 1 aromatic heterocycles. The third kappa shape index (κ3) is 1.77. The third-order valence-electron chi connectivity index (χ3n) is 2.87. The average Bonchev–Trinajstić information content (AvgIpc) is 2.56. The Bertz CT molecular complexity index is 469. The molecule has 2 nitrogen and oxygen atoms in total. The Morgan fingerprint density at radius 3 is 2.80 bits per heavy atom. The minimum absolute atomic E-state index is 0.695. The molecule has 0 aliphatic heterocycles. The minimum Gasteiger partial charge on any atom is -0.346 e. The van der Waals surface area contributed by atoms with Gasteiger partial charge in [0.05, 0.1) is 0 Å². The monoisotopic (exact) mass is 202 g/mol. The number of aromatic nitrogens is 1. The van der Waals surface area contributed by atoms with Crippen LogP contribution < -0.4 is 5.73 Å². The van der Waals surface area contributed by atoms with Gasteiger partial charge in [0, 0.05) is 30.2 Å². The van der Waals surface area contributed by atoms with E-state index in [2.05, 4.69) is 42.8 Å². The van der Waals surface area contributed by atoms with E-state index in [1.165, 1.54) is 22.0 Å². The molecule has 15 heavy (non-hydrogen) atoms. The van der Waals surface area contributed by atoms with Crippen molar-refractivity contribution >= 4 is 10.9 Å². The van der Waals surface area contributed by atoms with Gasteiger partial charge in [-0.15, -0.1) is 0 Å². The van der Waals surface area contributed by atoms with Gasteiger partial charge >= 0.3 is 0 Å². The van der Waals surface area contributed by atoms with Crippen LogP contribution in [0.5, 0.6) is 0 Å². The topological polar surface area (TPSA) is 30.9 Å². The molecule has 0 radical (unpaired) electrons. The number of nitrogens with two attached hydrogens (primary N) is 1. The van der Waals surface area contributed by atoms with Crippen molar-refractivity contribution in [2.45, 2.75) is 26.8 Å². The number of hydrogen-bond acceptors (Lipinski definition) is 1. The average molecular weight is 202 g/mol. The summed E-state index contributed by atoms with van der Waals surface area (Å²) in [4.78, 5) is 0. The molecule has 2 heteroatoms. The summed E-state index contributed by atoms with van der Waals surface area (Å²) in [5.41, 5.74) is 9.66. The lowest BCUT2D eigenvalue weighted by molar-refractivity contribution is 0.732. The van der Waals surface area contributed by atoms with Gasteiger partial charge in [0.15, 0.2) is 0 Å². The van der Waals surface area contributed by atoms with E-state index >= 15 is 0 Å².